The number of hydrogen-bond donors (Lipinski definition) is 0. The van der Waals surface area contributed by atoms with E-state index in [1.54, 1.807) is 0 Å². The van der Waals surface area contributed by atoms with Crippen LogP contribution in [0.1, 0.15) is 18.3 Å². The molecular weight excluding hydrogens is 310 g/mol. The Kier molecular flexibility index (Phi) is 5.78. The van der Waals surface area contributed by atoms with Gasteiger partial charge in [0.05, 0.1) is 11.4 Å². The minimum absolute atomic E-state index is 0.0367. The molecular formula is C20H29N5. The minimum atomic E-state index is 0.0367. The molecule has 3 rings (SSSR count). The van der Waals surface area contributed by atoms with Gasteiger partial charge in [-0.05, 0) is 45.3 Å². The first-order chi connectivity index (χ1) is 12.0. The molecule has 1 aliphatic heterocycles. The molecule has 2 aromatic heterocycles. The van der Waals surface area contributed by atoms with Crippen LogP contribution in [-0.4, -0.2) is 70.5 Å². The first-order valence-corrected chi connectivity index (χ1v) is 8.97. The van der Waals surface area contributed by atoms with Crippen molar-refractivity contribution in [2.45, 2.75) is 25.6 Å². The average Bonchev–Trinajstić information content (AvgIpc) is 2.74. The van der Waals surface area contributed by atoms with Crippen LogP contribution in [0.3, 0.4) is 0 Å². The average molecular weight is 339 g/mol. The van der Waals surface area contributed by atoms with E-state index in [0.29, 0.717) is 0 Å². The Morgan fingerprint density at radius 3 is 1.76 bits per heavy atom. The van der Waals surface area contributed by atoms with Gasteiger partial charge in [0.1, 0.15) is 0 Å². The normalized spacial score (nSPS) is 19.0. The molecule has 5 heteroatoms. The Balaban J connectivity index is 1.88. The number of aromatic nitrogens is 2. The third-order valence-electron chi connectivity index (χ3n) is 5.01. The van der Waals surface area contributed by atoms with Crippen LogP contribution in [0.15, 0.2) is 48.8 Å². The van der Waals surface area contributed by atoms with Gasteiger partial charge in [-0.25, -0.2) is 0 Å². The highest BCUT2D eigenvalue weighted by Crippen LogP contribution is 2.24. The van der Waals surface area contributed by atoms with E-state index in [9.17, 15) is 0 Å². The Labute approximate surface area is 151 Å². The van der Waals surface area contributed by atoms with Crippen molar-refractivity contribution in [3.05, 3.63) is 60.2 Å². The van der Waals surface area contributed by atoms with Gasteiger partial charge in [0.25, 0.3) is 0 Å². The van der Waals surface area contributed by atoms with E-state index in [0.717, 1.165) is 50.7 Å². The van der Waals surface area contributed by atoms with Gasteiger partial charge in [0.2, 0.25) is 0 Å². The van der Waals surface area contributed by atoms with Crippen molar-refractivity contribution in [2.24, 2.45) is 0 Å². The summed E-state index contributed by atoms with van der Waals surface area (Å²) in [6.07, 6.45) is 3.75. The molecule has 1 fully saturated rings. The minimum Gasteiger partial charge on any atom is -0.303 e. The summed E-state index contributed by atoms with van der Waals surface area (Å²) < 4.78 is 0. The van der Waals surface area contributed by atoms with Gasteiger partial charge < -0.3 is 9.80 Å². The SMILES string of the molecule is CN1CCN(C)CC(C)(N(Cc2ccccn2)Cc2ccccn2)C1. The lowest BCUT2D eigenvalue weighted by molar-refractivity contribution is 0.0473. The molecule has 3 heterocycles. The van der Waals surface area contributed by atoms with Crippen molar-refractivity contribution in [3.8, 4) is 0 Å². The van der Waals surface area contributed by atoms with E-state index in [4.69, 9.17) is 0 Å². The highest BCUT2D eigenvalue weighted by atomic mass is 15.3. The number of pyridine rings is 2. The molecule has 0 atom stereocenters. The molecule has 25 heavy (non-hydrogen) atoms. The van der Waals surface area contributed by atoms with Crippen molar-refractivity contribution in [1.29, 1.82) is 0 Å². The zero-order valence-corrected chi connectivity index (χ0v) is 15.6. The second-order valence-corrected chi connectivity index (χ2v) is 7.47. The van der Waals surface area contributed by atoms with E-state index in [2.05, 4.69) is 70.0 Å². The summed E-state index contributed by atoms with van der Waals surface area (Å²) in [5, 5.41) is 0. The van der Waals surface area contributed by atoms with Crippen molar-refractivity contribution in [1.82, 2.24) is 24.7 Å². The van der Waals surface area contributed by atoms with Gasteiger partial charge in [0, 0.05) is 57.2 Å². The predicted molar refractivity (Wildman–Crippen MR) is 101 cm³/mol. The molecule has 5 nitrogen and oxygen atoms in total. The molecule has 0 spiro atoms. The maximum absolute atomic E-state index is 4.56. The van der Waals surface area contributed by atoms with E-state index in [1.165, 1.54) is 0 Å². The Morgan fingerprint density at radius 2 is 1.36 bits per heavy atom. The lowest BCUT2D eigenvalue weighted by Crippen LogP contribution is -2.56. The largest absolute Gasteiger partial charge is 0.303 e. The summed E-state index contributed by atoms with van der Waals surface area (Å²) in [6.45, 7) is 8.32. The standard InChI is InChI=1S/C20H29N5/c1-20(16-23(2)12-13-24(3)17-20)25(14-18-8-4-6-10-21-18)15-19-9-5-7-11-22-19/h4-11H,12-17H2,1-3H3. The second-order valence-electron chi connectivity index (χ2n) is 7.47. The van der Waals surface area contributed by atoms with Crippen molar-refractivity contribution < 1.29 is 0 Å². The summed E-state index contributed by atoms with van der Waals surface area (Å²) in [5.74, 6) is 0. The van der Waals surface area contributed by atoms with Crippen LogP contribution in [0.4, 0.5) is 0 Å². The molecule has 0 saturated carbocycles. The number of rotatable bonds is 5. The number of likely N-dealkylation sites (N-methyl/N-ethyl adjacent to an activating group) is 2. The molecule has 0 bridgehead atoms. The molecule has 0 aromatic carbocycles. The zero-order valence-electron chi connectivity index (χ0n) is 15.6. The lowest BCUT2D eigenvalue weighted by atomic mass is 9.97. The summed E-state index contributed by atoms with van der Waals surface area (Å²) in [6, 6.07) is 12.3. The van der Waals surface area contributed by atoms with Crippen molar-refractivity contribution >= 4 is 0 Å². The maximum atomic E-state index is 4.56. The first-order valence-electron chi connectivity index (χ1n) is 8.97. The van der Waals surface area contributed by atoms with E-state index in [-0.39, 0.29) is 5.54 Å². The monoisotopic (exact) mass is 339 g/mol. The smallest absolute Gasteiger partial charge is 0.0544 e. The fourth-order valence-corrected chi connectivity index (χ4v) is 3.72. The summed E-state index contributed by atoms with van der Waals surface area (Å²) in [5.41, 5.74) is 2.25. The Morgan fingerprint density at radius 1 is 0.880 bits per heavy atom. The Bertz CT molecular complexity index is 592. The molecule has 0 amide bonds. The van der Waals surface area contributed by atoms with E-state index >= 15 is 0 Å². The van der Waals surface area contributed by atoms with Crippen LogP contribution in [0.5, 0.6) is 0 Å². The molecule has 1 aliphatic rings. The Hall–Kier alpha value is -1.82. The summed E-state index contributed by atoms with van der Waals surface area (Å²) in [7, 11) is 4.44. The van der Waals surface area contributed by atoms with Gasteiger partial charge in [0.15, 0.2) is 0 Å². The highest BCUT2D eigenvalue weighted by Gasteiger charge is 2.36. The summed E-state index contributed by atoms with van der Waals surface area (Å²) in [4.78, 5) is 16.5. The van der Waals surface area contributed by atoms with Crippen LogP contribution in [0.2, 0.25) is 0 Å². The van der Waals surface area contributed by atoms with E-state index < -0.39 is 0 Å². The molecule has 2 aromatic rings. The van der Waals surface area contributed by atoms with Crippen LogP contribution in [0.25, 0.3) is 0 Å². The van der Waals surface area contributed by atoms with Gasteiger partial charge >= 0.3 is 0 Å². The quantitative estimate of drug-likeness (QED) is 0.834. The molecule has 0 unspecified atom stereocenters. The van der Waals surface area contributed by atoms with Crippen LogP contribution < -0.4 is 0 Å². The lowest BCUT2D eigenvalue weighted by Gasteiger charge is -2.43. The first kappa shape index (κ1) is 18.0. The molecule has 1 saturated heterocycles. The van der Waals surface area contributed by atoms with Crippen LogP contribution in [-0.2, 0) is 13.1 Å². The zero-order chi connectivity index (χ0) is 17.7. The van der Waals surface area contributed by atoms with E-state index in [1.807, 2.05) is 24.5 Å². The topological polar surface area (TPSA) is 35.5 Å². The highest BCUT2D eigenvalue weighted by molar-refractivity contribution is 5.09. The third kappa shape index (κ3) is 4.84. The van der Waals surface area contributed by atoms with Crippen LogP contribution in [0, 0.1) is 0 Å². The van der Waals surface area contributed by atoms with Gasteiger partial charge in [-0.1, -0.05) is 12.1 Å². The molecule has 0 N–H and O–H groups in total. The van der Waals surface area contributed by atoms with Gasteiger partial charge in [-0.2, -0.15) is 0 Å². The van der Waals surface area contributed by atoms with Gasteiger partial charge in [-0.3, -0.25) is 14.9 Å². The fraction of sp³-hybridized carbons (Fsp3) is 0.500. The van der Waals surface area contributed by atoms with Gasteiger partial charge in [-0.15, -0.1) is 0 Å². The molecule has 0 radical (unpaired) electrons. The van der Waals surface area contributed by atoms with Crippen LogP contribution >= 0.6 is 0 Å². The molecule has 0 aliphatic carbocycles. The fourth-order valence-electron chi connectivity index (χ4n) is 3.72. The summed E-state index contributed by atoms with van der Waals surface area (Å²) >= 11 is 0. The third-order valence-corrected chi connectivity index (χ3v) is 5.01. The predicted octanol–water partition coefficient (Wildman–Crippen LogP) is 2.11. The maximum Gasteiger partial charge on any atom is 0.0544 e. The van der Waals surface area contributed by atoms with Crippen molar-refractivity contribution in [3.63, 3.8) is 0 Å². The second kappa shape index (κ2) is 8.04. The van der Waals surface area contributed by atoms with Crippen molar-refractivity contribution in [2.75, 3.05) is 40.3 Å². The number of nitrogens with zero attached hydrogens (tertiary/aromatic N) is 5. The number of hydrogen-bond acceptors (Lipinski definition) is 5. The molecule has 134 valence electrons.